The van der Waals surface area contributed by atoms with Crippen LogP contribution in [-0.2, 0) is 9.53 Å². The van der Waals surface area contributed by atoms with Gasteiger partial charge in [0.05, 0.1) is 6.54 Å². The van der Waals surface area contributed by atoms with Crippen molar-refractivity contribution in [1.29, 1.82) is 0 Å². The molecule has 1 unspecified atom stereocenters. The van der Waals surface area contributed by atoms with E-state index in [9.17, 15) is 4.79 Å². The van der Waals surface area contributed by atoms with E-state index < -0.39 is 0 Å². The molecule has 0 aliphatic carbocycles. The van der Waals surface area contributed by atoms with E-state index in [1.165, 1.54) is 6.92 Å². The van der Waals surface area contributed by atoms with Crippen LogP contribution in [0.3, 0.4) is 0 Å². The lowest BCUT2D eigenvalue weighted by atomic mass is 10.3. The minimum absolute atomic E-state index is 0.0515. The van der Waals surface area contributed by atoms with Gasteiger partial charge in [-0.15, -0.1) is 0 Å². The fourth-order valence-electron chi connectivity index (χ4n) is 0.703. The lowest BCUT2D eigenvalue weighted by Crippen LogP contribution is -2.20. The molecule has 50 valence electrons. The average Bonchev–Trinajstić information content (AvgIpc) is 2.14. The van der Waals surface area contributed by atoms with Crippen molar-refractivity contribution in [2.45, 2.75) is 20.0 Å². The minimum atomic E-state index is -0.301. The lowest BCUT2D eigenvalue weighted by Gasteiger charge is -2.03. The summed E-state index contributed by atoms with van der Waals surface area (Å²) in [4.78, 5) is 14.5. The number of carbonyl (C=O) groups excluding carboxylic acids is 1. The molecule has 0 fully saturated rings. The average molecular weight is 127 g/mol. The topological polar surface area (TPSA) is 38.7 Å². The van der Waals surface area contributed by atoms with E-state index in [-0.39, 0.29) is 11.9 Å². The van der Waals surface area contributed by atoms with Gasteiger partial charge in [0, 0.05) is 6.92 Å². The molecule has 1 heterocycles. The second kappa shape index (κ2) is 2.17. The lowest BCUT2D eigenvalue weighted by molar-refractivity contribution is -0.123. The van der Waals surface area contributed by atoms with E-state index in [0.29, 0.717) is 12.4 Å². The SMILES string of the molecule is CC(=O)C1CN=C(C)O1. The molecule has 0 amide bonds. The minimum Gasteiger partial charge on any atom is -0.468 e. The summed E-state index contributed by atoms with van der Waals surface area (Å²) >= 11 is 0. The van der Waals surface area contributed by atoms with Gasteiger partial charge in [-0.2, -0.15) is 0 Å². The van der Waals surface area contributed by atoms with Gasteiger partial charge in [-0.1, -0.05) is 0 Å². The highest BCUT2D eigenvalue weighted by atomic mass is 16.5. The van der Waals surface area contributed by atoms with Crippen LogP contribution < -0.4 is 0 Å². The molecule has 1 atom stereocenters. The molecule has 0 radical (unpaired) electrons. The summed E-state index contributed by atoms with van der Waals surface area (Å²) in [5.41, 5.74) is 0. The first kappa shape index (κ1) is 6.26. The Kier molecular flexibility index (Phi) is 1.51. The maximum atomic E-state index is 10.6. The van der Waals surface area contributed by atoms with Gasteiger partial charge in [0.2, 0.25) is 0 Å². The predicted octanol–water partition coefficient (Wildman–Crippen LogP) is 0.393. The largest absolute Gasteiger partial charge is 0.468 e. The first-order chi connectivity index (χ1) is 4.20. The van der Waals surface area contributed by atoms with Crippen LogP contribution in [0.2, 0.25) is 0 Å². The van der Waals surface area contributed by atoms with Crippen LogP contribution in [0.15, 0.2) is 4.99 Å². The molecule has 0 saturated heterocycles. The van der Waals surface area contributed by atoms with Crippen LogP contribution >= 0.6 is 0 Å². The van der Waals surface area contributed by atoms with E-state index in [1.54, 1.807) is 6.92 Å². The van der Waals surface area contributed by atoms with Crippen molar-refractivity contribution in [3.8, 4) is 0 Å². The third-order valence-electron chi connectivity index (χ3n) is 1.25. The number of hydrogen-bond donors (Lipinski definition) is 0. The summed E-state index contributed by atoms with van der Waals surface area (Å²) in [6, 6.07) is 0. The van der Waals surface area contributed by atoms with E-state index in [4.69, 9.17) is 4.74 Å². The Hall–Kier alpha value is -0.860. The third-order valence-corrected chi connectivity index (χ3v) is 1.25. The Morgan fingerprint density at radius 2 is 2.56 bits per heavy atom. The van der Waals surface area contributed by atoms with Crippen LogP contribution in [0.4, 0.5) is 0 Å². The maximum Gasteiger partial charge on any atom is 0.181 e. The van der Waals surface area contributed by atoms with Crippen molar-refractivity contribution in [2.24, 2.45) is 4.99 Å². The summed E-state index contributed by atoms with van der Waals surface area (Å²) in [6.07, 6.45) is -0.301. The molecule has 3 heteroatoms. The standard InChI is InChI=1S/C6H9NO2/c1-4(8)6-3-7-5(2)9-6/h6H,3H2,1-2H3. The molecule has 0 aromatic heterocycles. The fourth-order valence-corrected chi connectivity index (χ4v) is 0.703. The van der Waals surface area contributed by atoms with Gasteiger partial charge in [-0.3, -0.25) is 9.79 Å². The third kappa shape index (κ3) is 1.28. The summed E-state index contributed by atoms with van der Waals surface area (Å²) in [5, 5.41) is 0. The van der Waals surface area contributed by atoms with Gasteiger partial charge >= 0.3 is 0 Å². The van der Waals surface area contributed by atoms with Gasteiger partial charge in [0.1, 0.15) is 0 Å². The fraction of sp³-hybridized carbons (Fsp3) is 0.667. The number of hydrogen-bond acceptors (Lipinski definition) is 3. The molecular weight excluding hydrogens is 118 g/mol. The zero-order chi connectivity index (χ0) is 6.85. The van der Waals surface area contributed by atoms with Crippen LogP contribution in [0.1, 0.15) is 13.8 Å². The van der Waals surface area contributed by atoms with Crippen LogP contribution in [0.25, 0.3) is 0 Å². The van der Waals surface area contributed by atoms with E-state index in [2.05, 4.69) is 4.99 Å². The molecule has 0 spiro atoms. The number of Topliss-reactive ketones (excluding diaryl/α,β-unsaturated/α-hetero) is 1. The van der Waals surface area contributed by atoms with Crippen molar-refractivity contribution >= 4 is 11.7 Å². The van der Waals surface area contributed by atoms with Crippen molar-refractivity contribution in [1.82, 2.24) is 0 Å². The van der Waals surface area contributed by atoms with Crippen molar-refractivity contribution < 1.29 is 9.53 Å². The zero-order valence-corrected chi connectivity index (χ0v) is 5.55. The van der Waals surface area contributed by atoms with Crippen LogP contribution in [0, 0.1) is 0 Å². The first-order valence-corrected chi connectivity index (χ1v) is 2.88. The highest BCUT2D eigenvalue weighted by molar-refractivity contribution is 5.86. The van der Waals surface area contributed by atoms with Gasteiger partial charge in [-0.25, -0.2) is 0 Å². The van der Waals surface area contributed by atoms with Crippen molar-refractivity contribution in [3.05, 3.63) is 0 Å². The van der Waals surface area contributed by atoms with E-state index in [1.807, 2.05) is 0 Å². The quantitative estimate of drug-likeness (QED) is 0.511. The summed E-state index contributed by atoms with van der Waals surface area (Å²) < 4.78 is 5.02. The predicted molar refractivity (Wildman–Crippen MR) is 33.5 cm³/mol. The van der Waals surface area contributed by atoms with E-state index in [0.717, 1.165) is 0 Å². The number of carbonyl (C=O) groups is 1. The van der Waals surface area contributed by atoms with Gasteiger partial charge in [0.15, 0.2) is 17.8 Å². The molecule has 0 aromatic rings. The first-order valence-electron chi connectivity index (χ1n) is 2.88. The molecule has 0 aromatic carbocycles. The monoisotopic (exact) mass is 127 g/mol. The second-order valence-corrected chi connectivity index (χ2v) is 2.08. The number of nitrogens with zero attached hydrogens (tertiary/aromatic N) is 1. The van der Waals surface area contributed by atoms with Crippen LogP contribution in [0.5, 0.6) is 0 Å². The van der Waals surface area contributed by atoms with Crippen molar-refractivity contribution in [2.75, 3.05) is 6.54 Å². The molecule has 9 heavy (non-hydrogen) atoms. The Morgan fingerprint density at radius 3 is 2.78 bits per heavy atom. The normalized spacial score (nSPS) is 25.1. The molecule has 0 bridgehead atoms. The summed E-state index contributed by atoms with van der Waals surface area (Å²) in [6.45, 7) is 3.77. The molecule has 1 aliphatic heterocycles. The number of rotatable bonds is 1. The summed E-state index contributed by atoms with van der Waals surface area (Å²) in [5.74, 6) is 0.672. The van der Waals surface area contributed by atoms with Gasteiger partial charge in [0.25, 0.3) is 0 Å². The summed E-state index contributed by atoms with van der Waals surface area (Å²) in [7, 11) is 0. The van der Waals surface area contributed by atoms with Crippen molar-refractivity contribution in [3.63, 3.8) is 0 Å². The Morgan fingerprint density at radius 1 is 1.89 bits per heavy atom. The maximum absolute atomic E-state index is 10.6. The van der Waals surface area contributed by atoms with Crippen LogP contribution in [-0.4, -0.2) is 24.3 Å². The molecule has 1 aliphatic rings. The Balaban J connectivity index is 2.47. The molecule has 0 N–H and O–H groups in total. The Bertz CT molecular complexity index is 162. The highest BCUT2D eigenvalue weighted by Gasteiger charge is 2.20. The smallest absolute Gasteiger partial charge is 0.181 e. The molecule has 0 saturated carbocycles. The molecule has 1 rings (SSSR count). The zero-order valence-electron chi connectivity index (χ0n) is 5.55. The Labute approximate surface area is 53.7 Å². The number of ketones is 1. The van der Waals surface area contributed by atoms with E-state index >= 15 is 0 Å². The second-order valence-electron chi connectivity index (χ2n) is 2.08. The van der Waals surface area contributed by atoms with Gasteiger partial charge in [-0.05, 0) is 6.92 Å². The molecular formula is C6H9NO2. The van der Waals surface area contributed by atoms with Gasteiger partial charge < -0.3 is 4.74 Å². The molecule has 3 nitrogen and oxygen atoms in total. The number of aliphatic imine (C=N–C) groups is 1. The highest BCUT2D eigenvalue weighted by Crippen LogP contribution is 2.03. The number of ether oxygens (including phenoxy) is 1.